The molecule has 9 heteroatoms. The van der Waals surface area contributed by atoms with Gasteiger partial charge < -0.3 is 20.6 Å². The Morgan fingerprint density at radius 3 is 2.74 bits per heavy atom. The van der Waals surface area contributed by atoms with Crippen molar-refractivity contribution in [1.82, 2.24) is 25.1 Å². The molecule has 2 atom stereocenters. The number of aliphatic hydroxyl groups excluding tert-OH is 1. The van der Waals surface area contributed by atoms with Gasteiger partial charge >= 0.3 is 0 Å². The summed E-state index contributed by atoms with van der Waals surface area (Å²) in [6.45, 7) is 0.358. The second-order valence-electron chi connectivity index (χ2n) is 8.90. The highest BCUT2D eigenvalue weighted by molar-refractivity contribution is 5.98. The van der Waals surface area contributed by atoms with Crippen LogP contribution in [0.1, 0.15) is 41.4 Å². The van der Waals surface area contributed by atoms with Crippen LogP contribution >= 0.6 is 0 Å². The number of nitrogens with zero attached hydrogens (tertiary/aromatic N) is 4. The van der Waals surface area contributed by atoms with Crippen LogP contribution in [0.4, 0.5) is 5.82 Å². The first-order valence-corrected chi connectivity index (χ1v) is 11.6. The molecule has 176 valence electrons. The van der Waals surface area contributed by atoms with Gasteiger partial charge in [-0.3, -0.25) is 4.79 Å². The molecule has 1 aliphatic rings. The SMILES string of the molecule is Nc1ncnc2c1c(-c1ccc(CNC(=O)c3cc4ccccc4o3)cc1)nn2C1CCC(O)C1. The van der Waals surface area contributed by atoms with Crippen molar-refractivity contribution in [2.45, 2.75) is 38.0 Å². The van der Waals surface area contributed by atoms with E-state index in [1.165, 1.54) is 6.33 Å². The fourth-order valence-corrected chi connectivity index (χ4v) is 4.75. The highest BCUT2D eigenvalue weighted by Crippen LogP contribution is 2.36. The number of furan rings is 1. The quantitative estimate of drug-likeness (QED) is 0.357. The number of para-hydroxylation sites is 1. The second kappa shape index (κ2) is 8.52. The number of carbonyl (C=O) groups excluding carboxylic acids is 1. The topological polar surface area (TPSA) is 132 Å². The Bertz CT molecular complexity index is 1510. The molecule has 1 amide bonds. The molecule has 5 aromatic rings. The van der Waals surface area contributed by atoms with Crippen LogP contribution in [-0.4, -0.2) is 36.9 Å². The number of carbonyl (C=O) groups is 1. The van der Waals surface area contributed by atoms with Gasteiger partial charge in [-0.05, 0) is 37.0 Å². The van der Waals surface area contributed by atoms with Crippen molar-refractivity contribution in [3.63, 3.8) is 0 Å². The first-order chi connectivity index (χ1) is 17.1. The summed E-state index contributed by atoms with van der Waals surface area (Å²) < 4.78 is 7.51. The van der Waals surface area contributed by atoms with Crippen LogP contribution < -0.4 is 11.1 Å². The van der Waals surface area contributed by atoms with E-state index in [1.807, 2.05) is 53.2 Å². The minimum absolute atomic E-state index is 0.0725. The number of nitrogen functional groups attached to an aromatic ring is 1. The highest BCUT2D eigenvalue weighted by Gasteiger charge is 2.28. The van der Waals surface area contributed by atoms with E-state index < -0.39 is 0 Å². The predicted octanol–water partition coefficient (Wildman–Crippen LogP) is 3.84. The summed E-state index contributed by atoms with van der Waals surface area (Å²) in [7, 11) is 0. The van der Waals surface area contributed by atoms with Crippen LogP contribution in [0, 0.1) is 0 Å². The average Bonchev–Trinajstić information content (AvgIpc) is 3.59. The zero-order valence-electron chi connectivity index (χ0n) is 18.9. The van der Waals surface area contributed by atoms with Gasteiger partial charge in [0.15, 0.2) is 11.4 Å². The van der Waals surface area contributed by atoms with Crippen LogP contribution in [0.15, 0.2) is 65.3 Å². The number of aliphatic hydroxyl groups is 1. The molecule has 1 aliphatic carbocycles. The number of anilines is 1. The Morgan fingerprint density at radius 2 is 1.97 bits per heavy atom. The third-order valence-electron chi connectivity index (χ3n) is 6.57. The van der Waals surface area contributed by atoms with Crippen molar-refractivity contribution in [1.29, 1.82) is 0 Å². The van der Waals surface area contributed by atoms with Crippen LogP contribution in [0.5, 0.6) is 0 Å². The third kappa shape index (κ3) is 3.89. The van der Waals surface area contributed by atoms with Gasteiger partial charge in [-0.2, -0.15) is 5.10 Å². The largest absolute Gasteiger partial charge is 0.451 e. The van der Waals surface area contributed by atoms with Crippen molar-refractivity contribution >= 4 is 33.7 Å². The van der Waals surface area contributed by atoms with E-state index in [0.717, 1.165) is 29.4 Å². The summed E-state index contributed by atoms with van der Waals surface area (Å²) in [5, 5.41) is 19.4. The maximum Gasteiger partial charge on any atom is 0.287 e. The molecular formula is C26H24N6O3. The smallest absolute Gasteiger partial charge is 0.287 e. The van der Waals surface area contributed by atoms with Gasteiger partial charge in [-0.15, -0.1) is 0 Å². The number of nitrogens with two attached hydrogens (primary N) is 1. The number of hydrogen-bond acceptors (Lipinski definition) is 7. The van der Waals surface area contributed by atoms with E-state index in [4.69, 9.17) is 15.2 Å². The van der Waals surface area contributed by atoms with Crippen LogP contribution in [0.3, 0.4) is 0 Å². The molecule has 3 heterocycles. The number of benzene rings is 2. The molecule has 6 rings (SSSR count). The summed E-state index contributed by atoms with van der Waals surface area (Å²) in [5.41, 5.74) is 10.1. The lowest BCUT2D eigenvalue weighted by atomic mass is 10.1. The van der Waals surface area contributed by atoms with E-state index in [9.17, 15) is 9.90 Å². The second-order valence-corrected chi connectivity index (χ2v) is 8.90. The van der Waals surface area contributed by atoms with E-state index in [1.54, 1.807) is 6.07 Å². The van der Waals surface area contributed by atoms with Gasteiger partial charge in [0.2, 0.25) is 0 Å². The maximum absolute atomic E-state index is 12.5. The molecule has 2 unspecified atom stereocenters. The Kier molecular flexibility index (Phi) is 5.18. The van der Waals surface area contributed by atoms with Crippen molar-refractivity contribution in [2.75, 3.05) is 5.73 Å². The first kappa shape index (κ1) is 21.3. The lowest BCUT2D eigenvalue weighted by molar-refractivity contribution is 0.0925. The summed E-state index contributed by atoms with van der Waals surface area (Å²) in [4.78, 5) is 21.2. The molecular weight excluding hydrogens is 444 g/mol. The maximum atomic E-state index is 12.5. The molecule has 2 aromatic carbocycles. The summed E-state index contributed by atoms with van der Waals surface area (Å²) in [5.74, 6) is 0.392. The Hall–Kier alpha value is -4.24. The number of amides is 1. The number of hydrogen-bond donors (Lipinski definition) is 3. The van der Waals surface area contributed by atoms with Crippen molar-refractivity contribution in [2.24, 2.45) is 0 Å². The van der Waals surface area contributed by atoms with Gasteiger partial charge in [0.05, 0.1) is 17.5 Å². The summed E-state index contributed by atoms with van der Waals surface area (Å²) >= 11 is 0. The highest BCUT2D eigenvalue weighted by atomic mass is 16.3. The molecule has 4 N–H and O–H groups in total. The van der Waals surface area contributed by atoms with Crippen molar-refractivity contribution in [3.05, 3.63) is 72.2 Å². The fourth-order valence-electron chi connectivity index (χ4n) is 4.75. The molecule has 0 spiro atoms. The lowest BCUT2D eigenvalue weighted by Gasteiger charge is -2.10. The van der Waals surface area contributed by atoms with Crippen molar-refractivity contribution in [3.8, 4) is 11.3 Å². The summed E-state index contributed by atoms with van der Waals surface area (Å²) in [6, 6.07) is 17.1. The minimum Gasteiger partial charge on any atom is -0.451 e. The molecule has 1 saturated carbocycles. The third-order valence-corrected chi connectivity index (χ3v) is 6.57. The van der Waals surface area contributed by atoms with Gasteiger partial charge in [-0.25, -0.2) is 14.6 Å². The number of aromatic nitrogens is 4. The standard InChI is InChI=1S/C26H24N6O3/c27-24-22-23(31-32(25(22)30-14-29-24)18-9-10-19(33)12-18)16-7-5-15(6-8-16)13-28-26(34)21-11-17-3-1-2-4-20(17)35-21/h1-8,11,14,18-19,33H,9-10,12-13H2,(H,28,34)(H2,27,29,30). The predicted molar refractivity (Wildman–Crippen MR) is 131 cm³/mol. The molecule has 9 nitrogen and oxygen atoms in total. The Morgan fingerprint density at radius 1 is 1.14 bits per heavy atom. The zero-order chi connectivity index (χ0) is 23.9. The zero-order valence-corrected chi connectivity index (χ0v) is 18.9. The van der Waals surface area contributed by atoms with Crippen LogP contribution in [0.25, 0.3) is 33.3 Å². The Balaban J connectivity index is 1.23. The van der Waals surface area contributed by atoms with Gasteiger partial charge in [0.25, 0.3) is 5.91 Å². The number of nitrogens with one attached hydrogen (secondary N) is 1. The first-order valence-electron chi connectivity index (χ1n) is 11.6. The van der Waals surface area contributed by atoms with Crippen LogP contribution in [0.2, 0.25) is 0 Å². The summed E-state index contributed by atoms with van der Waals surface area (Å²) in [6.07, 6.45) is 3.35. The monoisotopic (exact) mass is 468 g/mol. The minimum atomic E-state index is -0.323. The fraction of sp³-hybridized carbons (Fsp3) is 0.231. The molecule has 3 aromatic heterocycles. The normalized spacial score (nSPS) is 17.9. The molecule has 35 heavy (non-hydrogen) atoms. The molecule has 0 bridgehead atoms. The van der Waals surface area contributed by atoms with E-state index in [2.05, 4.69) is 15.3 Å². The molecule has 0 radical (unpaired) electrons. The number of rotatable bonds is 5. The van der Waals surface area contributed by atoms with Gasteiger partial charge in [-0.1, -0.05) is 42.5 Å². The van der Waals surface area contributed by atoms with E-state index >= 15 is 0 Å². The Labute approximate surface area is 200 Å². The van der Waals surface area contributed by atoms with E-state index in [-0.39, 0.29) is 23.8 Å². The van der Waals surface area contributed by atoms with E-state index in [0.29, 0.717) is 41.1 Å². The van der Waals surface area contributed by atoms with Gasteiger partial charge in [0, 0.05) is 17.5 Å². The van der Waals surface area contributed by atoms with Crippen molar-refractivity contribution < 1.29 is 14.3 Å². The van der Waals surface area contributed by atoms with Gasteiger partial charge in [0.1, 0.15) is 23.4 Å². The lowest BCUT2D eigenvalue weighted by Crippen LogP contribution is -2.22. The molecule has 0 aliphatic heterocycles. The molecule has 1 fully saturated rings. The number of fused-ring (bicyclic) bond motifs is 2. The molecule has 0 saturated heterocycles. The average molecular weight is 469 g/mol. The van der Waals surface area contributed by atoms with Crippen LogP contribution in [-0.2, 0) is 6.54 Å².